The highest BCUT2D eigenvalue weighted by Gasteiger charge is 2.40. The Labute approximate surface area is 160 Å². The van der Waals surface area contributed by atoms with E-state index in [2.05, 4.69) is 15.1 Å². The summed E-state index contributed by atoms with van der Waals surface area (Å²) in [6.07, 6.45) is 1.98. The number of carbonyl (C=O) groups is 1. The number of aryl methyl sites for hydroxylation is 1. The van der Waals surface area contributed by atoms with Crippen molar-refractivity contribution in [3.05, 3.63) is 35.4 Å². The van der Waals surface area contributed by atoms with Crippen LogP contribution in [0.5, 0.6) is 0 Å². The highest BCUT2D eigenvalue weighted by molar-refractivity contribution is 5.90. The number of esters is 1. The average Bonchev–Trinajstić information content (AvgIpc) is 3.15. The molecule has 7 nitrogen and oxygen atoms in total. The minimum absolute atomic E-state index is 0.00345. The SMILES string of the molecule is CCOC(=O)c1cn(C2CCN(c3ncc(CC)cn3)CC2)nc1C(F)(F)F. The highest BCUT2D eigenvalue weighted by Crippen LogP contribution is 2.33. The van der Waals surface area contributed by atoms with Crippen LogP contribution in [0.2, 0.25) is 0 Å². The first-order valence-electron chi connectivity index (χ1n) is 9.22. The predicted molar refractivity (Wildman–Crippen MR) is 95.1 cm³/mol. The summed E-state index contributed by atoms with van der Waals surface area (Å²) in [6, 6.07) is -0.240. The molecule has 2 aromatic rings. The van der Waals surface area contributed by atoms with Crippen molar-refractivity contribution >= 4 is 11.9 Å². The third kappa shape index (κ3) is 4.26. The maximum Gasteiger partial charge on any atom is 0.436 e. The maximum atomic E-state index is 13.3. The number of hydrogen-bond donors (Lipinski definition) is 0. The molecule has 28 heavy (non-hydrogen) atoms. The van der Waals surface area contributed by atoms with E-state index >= 15 is 0 Å². The Balaban J connectivity index is 1.73. The molecule has 1 fully saturated rings. The summed E-state index contributed by atoms with van der Waals surface area (Å²) in [5, 5.41) is 3.67. The Morgan fingerprint density at radius 1 is 1.21 bits per heavy atom. The molecular formula is C18H22F3N5O2. The fourth-order valence-corrected chi connectivity index (χ4v) is 3.17. The van der Waals surface area contributed by atoms with Crippen molar-refractivity contribution in [2.45, 2.75) is 45.3 Å². The van der Waals surface area contributed by atoms with Crippen LogP contribution in [0.3, 0.4) is 0 Å². The van der Waals surface area contributed by atoms with E-state index in [1.165, 1.54) is 4.68 Å². The summed E-state index contributed by atoms with van der Waals surface area (Å²) in [7, 11) is 0. The Morgan fingerprint density at radius 2 is 1.86 bits per heavy atom. The van der Waals surface area contributed by atoms with E-state index in [1.54, 1.807) is 19.3 Å². The van der Waals surface area contributed by atoms with E-state index in [9.17, 15) is 18.0 Å². The molecule has 0 N–H and O–H groups in total. The molecule has 0 saturated carbocycles. The molecule has 3 heterocycles. The Hall–Kier alpha value is -2.65. The van der Waals surface area contributed by atoms with Gasteiger partial charge in [-0.1, -0.05) is 6.92 Å². The first kappa shape index (κ1) is 20.1. The molecule has 1 aliphatic rings. The minimum atomic E-state index is -4.72. The van der Waals surface area contributed by atoms with Gasteiger partial charge in [-0.2, -0.15) is 18.3 Å². The zero-order chi connectivity index (χ0) is 20.3. The van der Waals surface area contributed by atoms with E-state index in [4.69, 9.17) is 4.74 Å². The molecule has 3 rings (SSSR count). The Morgan fingerprint density at radius 3 is 2.39 bits per heavy atom. The van der Waals surface area contributed by atoms with E-state index < -0.39 is 23.4 Å². The first-order chi connectivity index (χ1) is 13.3. The quantitative estimate of drug-likeness (QED) is 0.721. The second-order valence-corrected chi connectivity index (χ2v) is 6.55. The highest BCUT2D eigenvalue weighted by atomic mass is 19.4. The topological polar surface area (TPSA) is 73.1 Å². The van der Waals surface area contributed by atoms with Crippen LogP contribution in [0.1, 0.15) is 54.3 Å². The normalized spacial score (nSPS) is 15.7. The number of anilines is 1. The lowest BCUT2D eigenvalue weighted by Crippen LogP contribution is -2.36. The first-order valence-corrected chi connectivity index (χ1v) is 9.22. The Bertz CT molecular complexity index is 812. The van der Waals surface area contributed by atoms with Gasteiger partial charge in [0.25, 0.3) is 0 Å². The third-order valence-corrected chi connectivity index (χ3v) is 4.72. The molecule has 0 amide bonds. The minimum Gasteiger partial charge on any atom is -0.462 e. The van der Waals surface area contributed by atoms with Crippen LogP contribution in [0, 0.1) is 0 Å². The van der Waals surface area contributed by atoms with Gasteiger partial charge < -0.3 is 9.64 Å². The second-order valence-electron chi connectivity index (χ2n) is 6.55. The van der Waals surface area contributed by atoms with Gasteiger partial charge in [0.2, 0.25) is 5.95 Å². The van der Waals surface area contributed by atoms with Crippen LogP contribution in [0.4, 0.5) is 19.1 Å². The van der Waals surface area contributed by atoms with Gasteiger partial charge in [0.15, 0.2) is 5.69 Å². The van der Waals surface area contributed by atoms with Gasteiger partial charge in [0, 0.05) is 31.7 Å². The molecule has 0 bridgehead atoms. The van der Waals surface area contributed by atoms with Gasteiger partial charge in [0.05, 0.1) is 12.6 Å². The van der Waals surface area contributed by atoms with Crippen LogP contribution in [-0.2, 0) is 17.3 Å². The summed E-state index contributed by atoms with van der Waals surface area (Å²) >= 11 is 0. The lowest BCUT2D eigenvalue weighted by molar-refractivity contribution is -0.142. The number of rotatable bonds is 5. The second kappa shape index (κ2) is 8.15. The van der Waals surface area contributed by atoms with Crippen LogP contribution in [-0.4, -0.2) is 45.4 Å². The zero-order valence-electron chi connectivity index (χ0n) is 15.7. The lowest BCUT2D eigenvalue weighted by Gasteiger charge is -2.32. The fraction of sp³-hybridized carbons (Fsp3) is 0.556. The van der Waals surface area contributed by atoms with Gasteiger partial charge in [-0.25, -0.2) is 14.8 Å². The van der Waals surface area contributed by atoms with Crippen LogP contribution in [0.25, 0.3) is 0 Å². The molecule has 152 valence electrons. The number of carbonyl (C=O) groups excluding carboxylic acids is 1. The molecule has 0 spiro atoms. The smallest absolute Gasteiger partial charge is 0.436 e. The van der Waals surface area contributed by atoms with Gasteiger partial charge in [0.1, 0.15) is 5.56 Å². The summed E-state index contributed by atoms with van der Waals surface area (Å²) in [5.41, 5.74) is -0.705. The summed E-state index contributed by atoms with van der Waals surface area (Å²) in [6.45, 7) is 4.74. The number of halogens is 3. The van der Waals surface area contributed by atoms with Crippen LogP contribution >= 0.6 is 0 Å². The monoisotopic (exact) mass is 397 g/mol. The van der Waals surface area contributed by atoms with E-state index in [0.717, 1.165) is 18.2 Å². The van der Waals surface area contributed by atoms with Gasteiger partial charge in [-0.15, -0.1) is 0 Å². The number of alkyl halides is 3. The van der Waals surface area contributed by atoms with Crippen molar-refractivity contribution < 1.29 is 22.7 Å². The van der Waals surface area contributed by atoms with Crippen molar-refractivity contribution in [1.82, 2.24) is 19.7 Å². The van der Waals surface area contributed by atoms with Gasteiger partial charge >= 0.3 is 12.1 Å². The molecule has 10 heteroatoms. The standard InChI is InChI=1S/C18H22F3N5O2/c1-3-12-9-22-17(23-10-12)25-7-5-13(6-8-25)26-11-14(16(27)28-4-2)15(24-26)18(19,20)21/h9-11,13H,3-8H2,1-2H3. The third-order valence-electron chi connectivity index (χ3n) is 4.72. The van der Waals surface area contributed by atoms with E-state index in [-0.39, 0.29) is 12.6 Å². The molecule has 1 aliphatic heterocycles. The predicted octanol–water partition coefficient (Wildman–Crippen LogP) is 3.27. The van der Waals surface area contributed by atoms with E-state index in [1.807, 2.05) is 11.8 Å². The summed E-state index contributed by atoms with van der Waals surface area (Å²) in [4.78, 5) is 22.6. The molecule has 0 radical (unpaired) electrons. The van der Waals surface area contributed by atoms with Crippen molar-refractivity contribution in [3.8, 4) is 0 Å². The molecule has 0 aromatic carbocycles. The maximum absolute atomic E-state index is 13.3. The van der Waals surface area contributed by atoms with Crippen molar-refractivity contribution in [1.29, 1.82) is 0 Å². The molecule has 1 saturated heterocycles. The number of piperidine rings is 1. The largest absolute Gasteiger partial charge is 0.462 e. The number of nitrogens with zero attached hydrogens (tertiary/aromatic N) is 5. The van der Waals surface area contributed by atoms with Crippen molar-refractivity contribution in [3.63, 3.8) is 0 Å². The molecule has 0 unspecified atom stereocenters. The Kier molecular flexibility index (Phi) is 5.85. The van der Waals surface area contributed by atoms with E-state index in [0.29, 0.717) is 31.9 Å². The molecule has 0 aliphatic carbocycles. The lowest BCUT2D eigenvalue weighted by atomic mass is 10.1. The summed E-state index contributed by atoms with van der Waals surface area (Å²) in [5.74, 6) is -0.401. The molecular weight excluding hydrogens is 375 g/mol. The average molecular weight is 397 g/mol. The fourth-order valence-electron chi connectivity index (χ4n) is 3.17. The van der Waals surface area contributed by atoms with Crippen molar-refractivity contribution in [2.75, 3.05) is 24.6 Å². The summed E-state index contributed by atoms with van der Waals surface area (Å²) < 4.78 is 45.8. The van der Waals surface area contributed by atoms with Gasteiger partial charge in [-0.05, 0) is 31.7 Å². The zero-order valence-corrected chi connectivity index (χ0v) is 15.7. The molecule has 2 aromatic heterocycles. The van der Waals surface area contributed by atoms with Crippen molar-refractivity contribution in [2.24, 2.45) is 0 Å². The number of aromatic nitrogens is 4. The van der Waals surface area contributed by atoms with Gasteiger partial charge in [-0.3, -0.25) is 4.68 Å². The van der Waals surface area contributed by atoms with Crippen LogP contribution < -0.4 is 4.90 Å². The number of ether oxygens (including phenoxy) is 1. The number of hydrogen-bond acceptors (Lipinski definition) is 6. The molecule has 0 atom stereocenters. The van der Waals surface area contributed by atoms with Crippen LogP contribution in [0.15, 0.2) is 18.6 Å².